The highest BCUT2D eigenvalue weighted by Crippen LogP contribution is 2.11. The van der Waals surface area contributed by atoms with Gasteiger partial charge in [0.2, 0.25) is 0 Å². The predicted octanol–water partition coefficient (Wildman–Crippen LogP) is 5.72. The summed E-state index contributed by atoms with van der Waals surface area (Å²) in [5.74, 6) is -0.00354. The SMILES string of the molecule is CCCCCCCCCCCCOC(=O)CCCCC[N+](C)(C)C. The number of esters is 1. The van der Waals surface area contributed by atoms with E-state index in [0.717, 1.165) is 23.7 Å². The van der Waals surface area contributed by atoms with E-state index in [1.807, 2.05) is 0 Å². The fourth-order valence-corrected chi connectivity index (χ4v) is 2.88. The van der Waals surface area contributed by atoms with Crippen molar-refractivity contribution in [2.24, 2.45) is 0 Å². The second-order valence-corrected chi connectivity index (χ2v) is 8.23. The molecule has 0 aromatic heterocycles. The van der Waals surface area contributed by atoms with Crippen LogP contribution >= 0.6 is 0 Å². The molecule has 3 heteroatoms. The number of carbonyl (C=O) groups excluding carboxylic acids is 1. The van der Waals surface area contributed by atoms with E-state index in [1.165, 1.54) is 70.8 Å². The van der Waals surface area contributed by atoms with Gasteiger partial charge < -0.3 is 9.22 Å². The number of unbranched alkanes of at least 4 members (excludes halogenated alkanes) is 11. The Balaban J connectivity index is 3.21. The first-order valence-corrected chi connectivity index (χ1v) is 10.4. The van der Waals surface area contributed by atoms with E-state index in [0.29, 0.717) is 13.0 Å². The largest absolute Gasteiger partial charge is 0.466 e. The molecule has 0 aromatic carbocycles. The van der Waals surface area contributed by atoms with E-state index < -0.39 is 0 Å². The molecule has 0 bridgehead atoms. The zero-order chi connectivity index (χ0) is 18.1. The lowest BCUT2D eigenvalue weighted by Gasteiger charge is -2.23. The van der Waals surface area contributed by atoms with Crippen molar-refractivity contribution in [3.05, 3.63) is 0 Å². The molecule has 0 saturated carbocycles. The highest BCUT2D eigenvalue weighted by Gasteiger charge is 2.07. The van der Waals surface area contributed by atoms with Crippen molar-refractivity contribution in [3.63, 3.8) is 0 Å². The molecule has 0 heterocycles. The Hall–Kier alpha value is -0.570. The third-order valence-electron chi connectivity index (χ3n) is 4.47. The topological polar surface area (TPSA) is 26.3 Å². The Bertz CT molecular complexity index is 284. The van der Waals surface area contributed by atoms with E-state index in [-0.39, 0.29) is 5.97 Å². The van der Waals surface area contributed by atoms with Gasteiger partial charge in [0.1, 0.15) is 0 Å². The summed E-state index contributed by atoms with van der Waals surface area (Å²) in [4.78, 5) is 11.6. The van der Waals surface area contributed by atoms with Gasteiger partial charge in [0.25, 0.3) is 0 Å². The molecular formula is C21H44NO2+. The number of carbonyl (C=O) groups is 1. The molecule has 0 aliphatic heterocycles. The monoisotopic (exact) mass is 342 g/mol. The van der Waals surface area contributed by atoms with Gasteiger partial charge in [0.05, 0.1) is 34.3 Å². The molecule has 0 aromatic rings. The summed E-state index contributed by atoms with van der Waals surface area (Å²) in [7, 11) is 6.63. The number of ether oxygens (including phenoxy) is 1. The summed E-state index contributed by atoms with van der Waals surface area (Å²) in [5, 5.41) is 0. The highest BCUT2D eigenvalue weighted by atomic mass is 16.5. The van der Waals surface area contributed by atoms with Gasteiger partial charge in [-0.2, -0.15) is 0 Å². The van der Waals surface area contributed by atoms with Crippen LogP contribution < -0.4 is 0 Å². The van der Waals surface area contributed by atoms with Gasteiger partial charge in [-0.25, -0.2) is 0 Å². The molecule has 0 saturated heterocycles. The molecular weight excluding hydrogens is 298 g/mol. The van der Waals surface area contributed by atoms with Crippen LogP contribution in [0.5, 0.6) is 0 Å². The van der Waals surface area contributed by atoms with Crippen molar-refractivity contribution >= 4 is 5.97 Å². The Morgan fingerprint density at radius 1 is 0.708 bits per heavy atom. The first kappa shape index (κ1) is 23.4. The highest BCUT2D eigenvalue weighted by molar-refractivity contribution is 5.69. The van der Waals surface area contributed by atoms with Gasteiger partial charge in [-0.1, -0.05) is 64.7 Å². The lowest BCUT2D eigenvalue weighted by Crippen LogP contribution is -2.35. The van der Waals surface area contributed by atoms with Crippen LogP contribution in [0.1, 0.15) is 96.8 Å². The standard InChI is InChI=1S/C21H44NO2/c1-5-6-7-8-9-10-11-12-13-17-20-24-21(23)18-15-14-16-19-22(2,3)4/h5-20H2,1-4H3/q+1. The van der Waals surface area contributed by atoms with Crippen LogP contribution in [0, 0.1) is 0 Å². The van der Waals surface area contributed by atoms with Gasteiger partial charge in [0, 0.05) is 6.42 Å². The van der Waals surface area contributed by atoms with Crippen molar-refractivity contribution in [1.82, 2.24) is 0 Å². The van der Waals surface area contributed by atoms with Crippen molar-refractivity contribution in [3.8, 4) is 0 Å². The Labute approximate surface area is 151 Å². The second-order valence-electron chi connectivity index (χ2n) is 8.23. The summed E-state index contributed by atoms with van der Waals surface area (Å²) in [6.45, 7) is 4.06. The van der Waals surface area contributed by atoms with Crippen molar-refractivity contribution in [1.29, 1.82) is 0 Å². The van der Waals surface area contributed by atoms with Crippen LogP contribution in [0.15, 0.2) is 0 Å². The van der Waals surface area contributed by atoms with Crippen LogP contribution in [0.4, 0.5) is 0 Å². The van der Waals surface area contributed by atoms with E-state index >= 15 is 0 Å². The molecule has 24 heavy (non-hydrogen) atoms. The summed E-state index contributed by atoms with van der Waals surface area (Å²) in [5.41, 5.74) is 0. The van der Waals surface area contributed by atoms with E-state index in [2.05, 4.69) is 28.1 Å². The molecule has 144 valence electrons. The summed E-state index contributed by atoms with van der Waals surface area (Å²) in [6, 6.07) is 0. The predicted molar refractivity (Wildman–Crippen MR) is 104 cm³/mol. The minimum Gasteiger partial charge on any atom is -0.466 e. The normalized spacial score (nSPS) is 11.7. The maximum absolute atomic E-state index is 11.6. The zero-order valence-electron chi connectivity index (χ0n) is 17.1. The number of rotatable bonds is 17. The van der Waals surface area contributed by atoms with E-state index in [4.69, 9.17) is 4.74 Å². The van der Waals surface area contributed by atoms with E-state index in [9.17, 15) is 4.79 Å². The molecule has 0 aliphatic rings. The molecule has 0 rings (SSSR count). The average molecular weight is 343 g/mol. The molecule has 3 nitrogen and oxygen atoms in total. The fourth-order valence-electron chi connectivity index (χ4n) is 2.88. The molecule has 0 fully saturated rings. The van der Waals surface area contributed by atoms with Crippen LogP contribution in [0.2, 0.25) is 0 Å². The minimum absolute atomic E-state index is 0.00354. The molecule has 0 radical (unpaired) electrons. The zero-order valence-corrected chi connectivity index (χ0v) is 17.1. The van der Waals surface area contributed by atoms with Gasteiger partial charge >= 0.3 is 5.97 Å². The van der Waals surface area contributed by atoms with Crippen molar-refractivity contribution in [2.45, 2.75) is 96.8 Å². The molecule has 0 spiro atoms. The Kier molecular flexibility index (Phi) is 15.6. The molecule has 0 N–H and O–H groups in total. The van der Waals surface area contributed by atoms with Gasteiger partial charge in [0.15, 0.2) is 0 Å². The Morgan fingerprint density at radius 2 is 1.21 bits per heavy atom. The first-order chi connectivity index (χ1) is 11.5. The quantitative estimate of drug-likeness (QED) is 0.192. The van der Waals surface area contributed by atoms with Gasteiger partial charge in [-0.3, -0.25) is 4.79 Å². The number of hydrogen-bond donors (Lipinski definition) is 0. The lowest BCUT2D eigenvalue weighted by molar-refractivity contribution is -0.870. The second kappa shape index (κ2) is 15.9. The summed E-state index contributed by atoms with van der Waals surface area (Å²) in [6.07, 6.45) is 17.0. The van der Waals surface area contributed by atoms with Gasteiger partial charge in [-0.15, -0.1) is 0 Å². The smallest absolute Gasteiger partial charge is 0.305 e. The average Bonchev–Trinajstić information content (AvgIpc) is 2.51. The van der Waals surface area contributed by atoms with Crippen molar-refractivity contribution in [2.75, 3.05) is 34.3 Å². The fraction of sp³-hybridized carbons (Fsp3) is 0.952. The molecule has 0 unspecified atom stereocenters. The Morgan fingerprint density at radius 3 is 1.75 bits per heavy atom. The maximum atomic E-state index is 11.6. The summed E-state index contributed by atoms with van der Waals surface area (Å²) < 4.78 is 6.32. The maximum Gasteiger partial charge on any atom is 0.305 e. The van der Waals surface area contributed by atoms with Crippen LogP contribution in [0.3, 0.4) is 0 Å². The van der Waals surface area contributed by atoms with E-state index in [1.54, 1.807) is 0 Å². The molecule has 0 atom stereocenters. The van der Waals surface area contributed by atoms with Crippen molar-refractivity contribution < 1.29 is 14.0 Å². The number of nitrogens with zero attached hydrogens (tertiary/aromatic N) is 1. The van der Waals surface area contributed by atoms with Crippen LogP contribution in [-0.2, 0) is 9.53 Å². The molecule has 0 aliphatic carbocycles. The third-order valence-corrected chi connectivity index (χ3v) is 4.47. The molecule has 0 amide bonds. The number of hydrogen-bond acceptors (Lipinski definition) is 2. The van der Waals surface area contributed by atoms with Crippen LogP contribution in [-0.4, -0.2) is 44.7 Å². The summed E-state index contributed by atoms with van der Waals surface area (Å²) >= 11 is 0. The minimum atomic E-state index is -0.00354. The van der Waals surface area contributed by atoms with Crippen LogP contribution in [0.25, 0.3) is 0 Å². The number of quaternary nitrogens is 1. The third kappa shape index (κ3) is 19.5. The first-order valence-electron chi connectivity index (χ1n) is 10.4. The lowest BCUT2D eigenvalue weighted by atomic mass is 10.1. The van der Waals surface area contributed by atoms with Gasteiger partial charge in [-0.05, 0) is 25.7 Å².